The summed E-state index contributed by atoms with van der Waals surface area (Å²) in [5.41, 5.74) is 0. The summed E-state index contributed by atoms with van der Waals surface area (Å²) < 4.78 is 30.0. The molecule has 1 heterocycles. The van der Waals surface area contributed by atoms with E-state index in [2.05, 4.69) is 14.4 Å². The summed E-state index contributed by atoms with van der Waals surface area (Å²) in [7, 11) is -3.76. The molecule has 0 amide bonds. The van der Waals surface area contributed by atoms with Gasteiger partial charge >= 0.3 is 5.97 Å². The Morgan fingerprint density at radius 3 is 2.76 bits per heavy atom. The first kappa shape index (κ1) is 13.9. The van der Waals surface area contributed by atoms with Crippen molar-refractivity contribution in [1.82, 2.24) is 9.71 Å². The van der Waals surface area contributed by atoms with Gasteiger partial charge in [0.15, 0.2) is 0 Å². The first-order valence-corrected chi connectivity index (χ1v) is 6.58. The number of aromatic nitrogens is 1. The molecule has 0 spiro atoms. The van der Waals surface area contributed by atoms with E-state index < -0.39 is 22.5 Å². The van der Waals surface area contributed by atoms with Gasteiger partial charge in [-0.1, -0.05) is 11.6 Å². The maximum absolute atomic E-state index is 11.7. The topological polar surface area (TPSA) is 85.4 Å². The van der Waals surface area contributed by atoms with Crippen LogP contribution < -0.4 is 4.72 Å². The van der Waals surface area contributed by atoms with Crippen LogP contribution in [0.2, 0.25) is 5.15 Å². The van der Waals surface area contributed by atoms with E-state index in [-0.39, 0.29) is 16.7 Å². The molecule has 0 unspecified atom stereocenters. The largest absolute Gasteiger partial charge is 0.465 e. The molecule has 6 nitrogen and oxygen atoms in total. The van der Waals surface area contributed by atoms with Crippen molar-refractivity contribution in [2.75, 3.05) is 13.2 Å². The van der Waals surface area contributed by atoms with Crippen LogP contribution in [-0.4, -0.2) is 32.5 Å². The van der Waals surface area contributed by atoms with Gasteiger partial charge in [0.25, 0.3) is 0 Å². The van der Waals surface area contributed by atoms with Crippen LogP contribution in [-0.2, 0) is 19.6 Å². The van der Waals surface area contributed by atoms with Gasteiger partial charge in [-0.05, 0) is 19.1 Å². The number of halogens is 1. The van der Waals surface area contributed by atoms with Crippen LogP contribution in [0.4, 0.5) is 0 Å². The van der Waals surface area contributed by atoms with Gasteiger partial charge in [-0.15, -0.1) is 0 Å². The van der Waals surface area contributed by atoms with E-state index >= 15 is 0 Å². The monoisotopic (exact) mass is 278 g/mol. The van der Waals surface area contributed by atoms with E-state index in [4.69, 9.17) is 11.6 Å². The number of ether oxygens (including phenoxy) is 1. The standard InChI is InChI=1S/C9H11ClN2O4S/c1-2-16-9(13)6-12-17(14,15)7-3-4-8(10)11-5-7/h3-5,12H,2,6H2,1H3. The third-order valence-corrected chi connectivity index (χ3v) is 3.33. The normalized spacial score (nSPS) is 11.2. The summed E-state index contributed by atoms with van der Waals surface area (Å²) >= 11 is 5.53. The predicted molar refractivity (Wildman–Crippen MR) is 61.1 cm³/mol. The van der Waals surface area contributed by atoms with Crippen molar-refractivity contribution in [2.24, 2.45) is 0 Å². The van der Waals surface area contributed by atoms with Gasteiger partial charge < -0.3 is 4.74 Å². The van der Waals surface area contributed by atoms with Gasteiger partial charge in [0.2, 0.25) is 10.0 Å². The molecular formula is C9H11ClN2O4S. The lowest BCUT2D eigenvalue weighted by Gasteiger charge is -2.05. The highest BCUT2D eigenvalue weighted by atomic mass is 35.5. The number of rotatable bonds is 5. The maximum atomic E-state index is 11.7. The van der Waals surface area contributed by atoms with E-state index in [0.717, 1.165) is 6.20 Å². The first-order valence-electron chi connectivity index (χ1n) is 4.72. The predicted octanol–water partition coefficient (Wildman–Crippen LogP) is 0.576. The second-order valence-electron chi connectivity index (χ2n) is 2.95. The third kappa shape index (κ3) is 4.29. The van der Waals surface area contributed by atoms with Gasteiger partial charge in [0.05, 0.1) is 6.61 Å². The molecule has 1 aromatic rings. The lowest BCUT2D eigenvalue weighted by Crippen LogP contribution is -2.30. The minimum atomic E-state index is -3.76. The second kappa shape index (κ2) is 5.95. The van der Waals surface area contributed by atoms with Gasteiger partial charge in [-0.2, -0.15) is 4.72 Å². The Morgan fingerprint density at radius 2 is 2.24 bits per heavy atom. The molecule has 1 rings (SSSR count). The molecule has 94 valence electrons. The second-order valence-corrected chi connectivity index (χ2v) is 5.10. The molecular weight excluding hydrogens is 268 g/mol. The zero-order valence-electron chi connectivity index (χ0n) is 9.01. The lowest BCUT2D eigenvalue weighted by atomic mass is 10.5. The number of pyridine rings is 1. The number of esters is 1. The smallest absolute Gasteiger partial charge is 0.321 e. The van der Waals surface area contributed by atoms with Crippen LogP contribution in [0.1, 0.15) is 6.92 Å². The summed E-state index contributed by atoms with van der Waals surface area (Å²) in [6.45, 7) is 1.41. The van der Waals surface area contributed by atoms with Crippen LogP contribution >= 0.6 is 11.6 Å². The van der Waals surface area contributed by atoms with Crippen molar-refractivity contribution in [3.8, 4) is 0 Å². The summed E-state index contributed by atoms with van der Waals surface area (Å²) in [6.07, 6.45) is 1.11. The molecule has 0 bridgehead atoms. The average molecular weight is 279 g/mol. The number of carbonyl (C=O) groups is 1. The molecule has 0 aliphatic rings. The number of nitrogens with zero attached hydrogens (tertiary/aromatic N) is 1. The Balaban J connectivity index is 2.69. The Bertz CT molecular complexity index is 486. The molecule has 0 fully saturated rings. The van der Waals surface area contributed by atoms with Gasteiger partial charge in [0.1, 0.15) is 16.6 Å². The van der Waals surface area contributed by atoms with Gasteiger partial charge in [-0.25, -0.2) is 13.4 Å². The van der Waals surface area contributed by atoms with Crippen molar-refractivity contribution in [3.63, 3.8) is 0 Å². The number of carbonyl (C=O) groups excluding carboxylic acids is 1. The number of hydrogen-bond acceptors (Lipinski definition) is 5. The number of nitrogens with one attached hydrogen (secondary N) is 1. The van der Waals surface area contributed by atoms with E-state index in [9.17, 15) is 13.2 Å². The van der Waals surface area contributed by atoms with Gasteiger partial charge in [0, 0.05) is 6.20 Å². The van der Waals surface area contributed by atoms with Crippen LogP contribution in [0.25, 0.3) is 0 Å². The molecule has 0 aliphatic heterocycles. The van der Waals surface area contributed by atoms with Crippen LogP contribution in [0.5, 0.6) is 0 Å². The molecule has 0 radical (unpaired) electrons. The highest BCUT2D eigenvalue weighted by Gasteiger charge is 2.16. The Hall–Kier alpha value is -1.18. The minimum Gasteiger partial charge on any atom is -0.465 e. The lowest BCUT2D eigenvalue weighted by molar-refractivity contribution is -0.141. The Morgan fingerprint density at radius 1 is 1.53 bits per heavy atom. The third-order valence-electron chi connectivity index (χ3n) is 1.72. The summed E-state index contributed by atoms with van der Waals surface area (Å²) in [4.78, 5) is 14.6. The zero-order valence-corrected chi connectivity index (χ0v) is 10.6. The van der Waals surface area contributed by atoms with E-state index in [0.29, 0.717) is 0 Å². The van der Waals surface area contributed by atoms with Crippen molar-refractivity contribution in [3.05, 3.63) is 23.5 Å². The highest BCUT2D eigenvalue weighted by Crippen LogP contribution is 2.10. The van der Waals surface area contributed by atoms with Crippen molar-refractivity contribution >= 4 is 27.6 Å². The van der Waals surface area contributed by atoms with Crippen molar-refractivity contribution in [1.29, 1.82) is 0 Å². The number of hydrogen-bond donors (Lipinski definition) is 1. The molecule has 0 aliphatic carbocycles. The average Bonchev–Trinajstić information content (AvgIpc) is 2.28. The molecule has 0 aromatic carbocycles. The SMILES string of the molecule is CCOC(=O)CNS(=O)(=O)c1ccc(Cl)nc1. The van der Waals surface area contributed by atoms with Crippen molar-refractivity contribution in [2.45, 2.75) is 11.8 Å². The summed E-state index contributed by atoms with van der Waals surface area (Å²) in [5.74, 6) is -0.641. The fraction of sp³-hybridized carbons (Fsp3) is 0.333. The van der Waals surface area contributed by atoms with Crippen LogP contribution in [0, 0.1) is 0 Å². The minimum absolute atomic E-state index is 0.0637. The number of sulfonamides is 1. The van der Waals surface area contributed by atoms with E-state index in [1.54, 1.807) is 6.92 Å². The van der Waals surface area contributed by atoms with E-state index in [1.165, 1.54) is 12.1 Å². The first-order chi connectivity index (χ1) is 7.95. The molecule has 0 saturated carbocycles. The molecule has 0 saturated heterocycles. The fourth-order valence-electron chi connectivity index (χ4n) is 0.970. The zero-order chi connectivity index (χ0) is 12.9. The molecule has 8 heteroatoms. The Kier molecular flexibility index (Phi) is 4.86. The maximum Gasteiger partial charge on any atom is 0.321 e. The quantitative estimate of drug-likeness (QED) is 0.629. The molecule has 17 heavy (non-hydrogen) atoms. The molecule has 1 aromatic heterocycles. The fourth-order valence-corrected chi connectivity index (χ4v) is 2.00. The van der Waals surface area contributed by atoms with Crippen LogP contribution in [0.15, 0.2) is 23.2 Å². The molecule has 0 atom stereocenters. The molecule has 1 N–H and O–H groups in total. The highest BCUT2D eigenvalue weighted by molar-refractivity contribution is 7.89. The Labute approximate surface area is 104 Å². The summed E-state index contributed by atoms with van der Waals surface area (Å²) in [6, 6.07) is 2.64. The van der Waals surface area contributed by atoms with E-state index in [1.807, 2.05) is 0 Å². The van der Waals surface area contributed by atoms with Gasteiger partial charge in [-0.3, -0.25) is 4.79 Å². The van der Waals surface area contributed by atoms with Crippen LogP contribution in [0.3, 0.4) is 0 Å². The summed E-state index contributed by atoms with van der Waals surface area (Å²) in [5, 5.41) is 0.189. The van der Waals surface area contributed by atoms with Crippen molar-refractivity contribution < 1.29 is 17.9 Å².